The predicted octanol–water partition coefficient (Wildman–Crippen LogP) is 0.438. The van der Waals surface area contributed by atoms with E-state index in [0.717, 1.165) is 6.92 Å². The van der Waals surface area contributed by atoms with E-state index in [1.807, 2.05) is 0 Å². The number of carboxylic acid groups (broad SMARTS) is 2. The molecule has 0 amide bonds. The van der Waals surface area contributed by atoms with Crippen molar-refractivity contribution in [2.75, 3.05) is 0 Å². The van der Waals surface area contributed by atoms with Crippen LogP contribution < -0.4 is 0 Å². The van der Waals surface area contributed by atoms with Crippen LogP contribution in [0, 0.1) is 0 Å². The molecule has 0 heterocycles. The van der Waals surface area contributed by atoms with Gasteiger partial charge in [-0.1, -0.05) is 0 Å². The van der Waals surface area contributed by atoms with Crippen molar-refractivity contribution >= 4 is 11.9 Å². The maximum Gasteiger partial charge on any atom is 0.342 e. The maximum atomic E-state index is 12.2. The number of aliphatic carboxylic acids is 2. The van der Waals surface area contributed by atoms with Crippen molar-refractivity contribution in [1.82, 2.24) is 0 Å². The molecule has 0 aromatic heterocycles. The van der Waals surface area contributed by atoms with Gasteiger partial charge in [0.25, 0.3) is 0 Å². The molecule has 0 aromatic rings. The first-order valence-corrected chi connectivity index (χ1v) is 2.73. The van der Waals surface area contributed by atoms with Gasteiger partial charge in [-0.25, -0.2) is 14.0 Å². The van der Waals surface area contributed by atoms with Gasteiger partial charge in [-0.05, 0) is 13.0 Å². The largest absolute Gasteiger partial charge is 0.479 e. The molecule has 1 unspecified atom stereocenters. The van der Waals surface area contributed by atoms with E-state index in [1.165, 1.54) is 0 Å². The van der Waals surface area contributed by atoms with Crippen LogP contribution >= 0.6 is 0 Å². The van der Waals surface area contributed by atoms with Crippen LogP contribution in [0.2, 0.25) is 0 Å². The molecule has 2 N–H and O–H groups in total. The Morgan fingerprint density at radius 2 is 1.83 bits per heavy atom. The monoisotopic (exact) mass is 225 g/mol. The average Bonchev–Trinajstić information content (AvgIpc) is 1.87. The van der Waals surface area contributed by atoms with Crippen LogP contribution in [-0.2, 0) is 26.7 Å². The van der Waals surface area contributed by atoms with E-state index in [4.69, 9.17) is 10.2 Å². The van der Waals surface area contributed by atoms with Gasteiger partial charge in [0.2, 0.25) is 6.17 Å². The zero-order valence-corrected chi connectivity index (χ0v) is 6.99. The van der Waals surface area contributed by atoms with Crippen LogP contribution in [0.4, 0.5) is 4.39 Å². The number of alkyl halides is 1. The maximum absolute atomic E-state index is 12.2. The normalized spacial score (nSPS) is 13.0. The molecule has 0 saturated carbocycles. The quantitative estimate of drug-likeness (QED) is 0.540. The van der Waals surface area contributed by atoms with Crippen molar-refractivity contribution in [2.24, 2.45) is 0 Å². The van der Waals surface area contributed by atoms with E-state index in [0.29, 0.717) is 6.08 Å². The summed E-state index contributed by atoms with van der Waals surface area (Å²) in [4.78, 5) is 19.9. The molecule has 4 nitrogen and oxygen atoms in total. The molecule has 6 heteroatoms. The topological polar surface area (TPSA) is 74.6 Å². The Balaban J connectivity index is 0. The van der Waals surface area contributed by atoms with Gasteiger partial charge in [0, 0.05) is 22.6 Å². The van der Waals surface area contributed by atoms with Crippen molar-refractivity contribution in [3.8, 4) is 0 Å². The molecule has 0 rings (SSSR count). The second kappa shape index (κ2) is 5.74. The molecule has 0 aliphatic rings. The minimum absolute atomic E-state index is 0. The van der Waals surface area contributed by atoms with Crippen LogP contribution in [0.25, 0.3) is 0 Å². The SMILES string of the molecule is CC(=CC(F)C(=O)O)C(=O)O.[Cu]. The summed E-state index contributed by atoms with van der Waals surface area (Å²) < 4.78 is 12.2. The molecule has 12 heavy (non-hydrogen) atoms. The number of rotatable bonds is 3. The molecular weight excluding hydrogens is 219 g/mol. The van der Waals surface area contributed by atoms with E-state index in [2.05, 4.69) is 0 Å². The molecule has 1 atom stereocenters. The summed E-state index contributed by atoms with van der Waals surface area (Å²) in [6.45, 7) is 1.12. The van der Waals surface area contributed by atoms with Gasteiger partial charge in [-0.3, -0.25) is 0 Å². The second-order valence-corrected chi connectivity index (χ2v) is 1.89. The Kier molecular flexibility index (Phi) is 6.55. The van der Waals surface area contributed by atoms with Gasteiger partial charge < -0.3 is 10.2 Å². The summed E-state index contributed by atoms with van der Waals surface area (Å²) in [5, 5.41) is 16.2. The van der Waals surface area contributed by atoms with Crippen LogP contribution in [-0.4, -0.2) is 28.3 Å². The van der Waals surface area contributed by atoms with E-state index >= 15 is 0 Å². The molecule has 0 saturated heterocycles. The summed E-state index contributed by atoms with van der Waals surface area (Å²) in [6, 6.07) is 0. The van der Waals surface area contributed by atoms with Gasteiger partial charge in [-0.15, -0.1) is 0 Å². The van der Waals surface area contributed by atoms with Gasteiger partial charge in [0.1, 0.15) is 0 Å². The van der Waals surface area contributed by atoms with Crippen LogP contribution in [0.3, 0.4) is 0 Å². The standard InChI is InChI=1S/C6H7FO4.Cu/c1-3(5(8)9)2-4(7)6(10)11;/h2,4H,1H3,(H,8,9)(H,10,11);. The summed E-state index contributed by atoms with van der Waals surface area (Å²) in [7, 11) is 0. The zero-order chi connectivity index (χ0) is 9.02. The van der Waals surface area contributed by atoms with E-state index < -0.39 is 18.1 Å². The van der Waals surface area contributed by atoms with Crippen LogP contribution in [0.5, 0.6) is 0 Å². The fourth-order valence-electron chi connectivity index (χ4n) is 0.362. The van der Waals surface area contributed by atoms with E-state index in [1.54, 1.807) is 0 Å². The Morgan fingerprint density at radius 1 is 1.42 bits per heavy atom. The fraction of sp³-hybridized carbons (Fsp3) is 0.333. The van der Waals surface area contributed by atoms with Crippen molar-refractivity contribution < 1.29 is 41.3 Å². The molecule has 73 valence electrons. The molecular formula is C6H7CuFO4. The second-order valence-electron chi connectivity index (χ2n) is 1.89. The summed E-state index contributed by atoms with van der Waals surface area (Å²) in [6.07, 6.45) is -1.71. The molecule has 1 radical (unpaired) electrons. The molecule has 0 bridgehead atoms. The third-order valence-electron chi connectivity index (χ3n) is 0.970. The Bertz CT molecular complexity index is 214. The van der Waals surface area contributed by atoms with Gasteiger partial charge in [-0.2, -0.15) is 0 Å². The van der Waals surface area contributed by atoms with E-state index in [-0.39, 0.29) is 22.6 Å². The Labute approximate surface area is 78.5 Å². The van der Waals surface area contributed by atoms with Crippen molar-refractivity contribution in [2.45, 2.75) is 13.1 Å². The van der Waals surface area contributed by atoms with Gasteiger partial charge in [0.15, 0.2) is 0 Å². The van der Waals surface area contributed by atoms with Crippen LogP contribution in [0.15, 0.2) is 11.6 Å². The summed E-state index contributed by atoms with van der Waals surface area (Å²) >= 11 is 0. The molecule has 0 fully saturated rings. The number of carbonyl (C=O) groups is 2. The summed E-state index contributed by atoms with van der Waals surface area (Å²) in [5.41, 5.74) is -0.320. The molecule has 0 aromatic carbocycles. The van der Waals surface area contributed by atoms with Crippen LogP contribution in [0.1, 0.15) is 6.92 Å². The minimum atomic E-state index is -2.24. The average molecular weight is 226 g/mol. The number of hydrogen-bond donors (Lipinski definition) is 2. The van der Waals surface area contributed by atoms with Gasteiger partial charge >= 0.3 is 11.9 Å². The first-order chi connectivity index (χ1) is 4.95. The predicted molar refractivity (Wildman–Crippen MR) is 33.9 cm³/mol. The smallest absolute Gasteiger partial charge is 0.342 e. The number of hydrogen-bond acceptors (Lipinski definition) is 2. The first-order valence-electron chi connectivity index (χ1n) is 2.73. The third-order valence-corrected chi connectivity index (χ3v) is 0.970. The van der Waals surface area contributed by atoms with Crippen molar-refractivity contribution in [3.63, 3.8) is 0 Å². The molecule has 0 aliphatic heterocycles. The minimum Gasteiger partial charge on any atom is -0.479 e. The molecule has 0 spiro atoms. The zero-order valence-electron chi connectivity index (χ0n) is 6.05. The Morgan fingerprint density at radius 3 is 2.08 bits per heavy atom. The Hall–Kier alpha value is -0.871. The molecule has 0 aliphatic carbocycles. The van der Waals surface area contributed by atoms with E-state index in [9.17, 15) is 14.0 Å². The summed E-state index contributed by atoms with van der Waals surface area (Å²) in [5.74, 6) is -3.01. The first kappa shape index (κ1) is 13.7. The fourth-order valence-corrected chi connectivity index (χ4v) is 0.362. The number of carboxylic acids is 2. The van der Waals surface area contributed by atoms with Gasteiger partial charge in [0.05, 0.1) is 0 Å². The van der Waals surface area contributed by atoms with Crippen molar-refractivity contribution in [1.29, 1.82) is 0 Å². The number of halogens is 1. The third kappa shape index (κ3) is 4.87. The van der Waals surface area contributed by atoms with Crippen molar-refractivity contribution in [3.05, 3.63) is 11.6 Å².